The molecule has 0 unspecified atom stereocenters. The molecule has 0 aliphatic carbocycles. The molecule has 0 bridgehead atoms. The number of hydrogen-bond donors (Lipinski definition) is 0. The van der Waals surface area contributed by atoms with Crippen LogP contribution in [0.25, 0.3) is 10.8 Å². The zero-order valence-corrected chi connectivity index (χ0v) is 16.0. The second-order valence-corrected chi connectivity index (χ2v) is 8.03. The second kappa shape index (κ2) is 7.58. The molecule has 25 heavy (non-hydrogen) atoms. The van der Waals surface area contributed by atoms with Crippen LogP contribution < -0.4 is 0 Å². The molecule has 6 heteroatoms. The molecule has 136 valence electrons. The fourth-order valence-corrected chi connectivity index (χ4v) is 4.71. The SMILES string of the molecule is Cc1ccsc1-c1nc(CN2CCC(N3CCOCC3)CC2)c(C)o1. The molecule has 2 aliphatic heterocycles. The third kappa shape index (κ3) is 3.82. The van der Waals surface area contributed by atoms with Gasteiger partial charge in [0.2, 0.25) is 5.89 Å². The molecule has 0 aromatic carbocycles. The Hall–Kier alpha value is -1.21. The highest BCUT2D eigenvalue weighted by atomic mass is 32.1. The number of nitrogens with zero attached hydrogens (tertiary/aromatic N) is 3. The number of likely N-dealkylation sites (tertiary alicyclic amines) is 1. The topological polar surface area (TPSA) is 41.7 Å². The van der Waals surface area contributed by atoms with Gasteiger partial charge >= 0.3 is 0 Å². The van der Waals surface area contributed by atoms with Gasteiger partial charge in [0.1, 0.15) is 5.76 Å². The number of rotatable bonds is 4. The summed E-state index contributed by atoms with van der Waals surface area (Å²) >= 11 is 1.70. The molecule has 2 aromatic heterocycles. The third-order valence-electron chi connectivity index (χ3n) is 5.44. The van der Waals surface area contributed by atoms with Crippen molar-refractivity contribution in [1.29, 1.82) is 0 Å². The Kier molecular flexibility index (Phi) is 5.22. The molecule has 0 amide bonds. The standard InChI is InChI=1S/C19H27N3O2S/c1-14-5-12-25-18(14)19-20-17(15(2)24-19)13-21-6-3-16(4-7-21)22-8-10-23-11-9-22/h5,12,16H,3-4,6-11,13H2,1-2H3. The summed E-state index contributed by atoms with van der Waals surface area (Å²) in [6.07, 6.45) is 2.49. The van der Waals surface area contributed by atoms with Gasteiger partial charge in [-0.1, -0.05) is 0 Å². The average molecular weight is 362 g/mol. The van der Waals surface area contributed by atoms with Crippen molar-refractivity contribution in [3.63, 3.8) is 0 Å². The molecule has 0 radical (unpaired) electrons. The van der Waals surface area contributed by atoms with Crippen molar-refractivity contribution in [2.75, 3.05) is 39.4 Å². The van der Waals surface area contributed by atoms with E-state index in [4.69, 9.17) is 14.1 Å². The first-order valence-electron chi connectivity index (χ1n) is 9.25. The van der Waals surface area contributed by atoms with Crippen molar-refractivity contribution in [1.82, 2.24) is 14.8 Å². The fraction of sp³-hybridized carbons (Fsp3) is 0.632. The molecule has 2 aliphatic rings. The largest absolute Gasteiger partial charge is 0.440 e. The summed E-state index contributed by atoms with van der Waals surface area (Å²) in [5.41, 5.74) is 2.33. The van der Waals surface area contributed by atoms with E-state index in [1.807, 2.05) is 6.92 Å². The summed E-state index contributed by atoms with van der Waals surface area (Å²) in [7, 11) is 0. The summed E-state index contributed by atoms with van der Waals surface area (Å²) in [5, 5.41) is 2.10. The van der Waals surface area contributed by atoms with E-state index in [2.05, 4.69) is 28.2 Å². The van der Waals surface area contributed by atoms with Crippen molar-refractivity contribution in [3.8, 4) is 10.8 Å². The maximum absolute atomic E-state index is 5.95. The maximum Gasteiger partial charge on any atom is 0.237 e. The predicted octanol–water partition coefficient (Wildman–Crippen LogP) is 3.32. The van der Waals surface area contributed by atoms with Crippen LogP contribution in [0.2, 0.25) is 0 Å². The van der Waals surface area contributed by atoms with E-state index in [1.165, 1.54) is 18.4 Å². The minimum Gasteiger partial charge on any atom is -0.440 e. The molecule has 2 aromatic rings. The van der Waals surface area contributed by atoms with Crippen molar-refractivity contribution in [2.24, 2.45) is 0 Å². The lowest BCUT2D eigenvalue weighted by molar-refractivity contribution is 0.000117. The Morgan fingerprint density at radius 2 is 1.92 bits per heavy atom. The number of oxazole rings is 1. The molecular weight excluding hydrogens is 334 g/mol. The Labute approximate surface area is 153 Å². The van der Waals surface area contributed by atoms with E-state index in [0.29, 0.717) is 0 Å². The quantitative estimate of drug-likeness (QED) is 0.836. The summed E-state index contributed by atoms with van der Waals surface area (Å²) in [5.74, 6) is 1.74. The summed E-state index contributed by atoms with van der Waals surface area (Å²) in [4.78, 5) is 11.1. The van der Waals surface area contributed by atoms with Crippen molar-refractivity contribution in [2.45, 2.75) is 39.3 Å². The highest BCUT2D eigenvalue weighted by Crippen LogP contribution is 2.30. The second-order valence-electron chi connectivity index (χ2n) is 7.11. The molecule has 4 rings (SSSR count). The van der Waals surface area contributed by atoms with Crippen LogP contribution in [0.1, 0.15) is 29.9 Å². The van der Waals surface area contributed by atoms with Crippen LogP contribution in [0.3, 0.4) is 0 Å². The Morgan fingerprint density at radius 1 is 1.16 bits per heavy atom. The van der Waals surface area contributed by atoms with E-state index >= 15 is 0 Å². The van der Waals surface area contributed by atoms with Gasteiger partial charge in [-0.2, -0.15) is 0 Å². The minimum atomic E-state index is 0.725. The van der Waals surface area contributed by atoms with Crippen LogP contribution in [-0.2, 0) is 11.3 Å². The molecule has 5 nitrogen and oxygen atoms in total. The van der Waals surface area contributed by atoms with Crippen LogP contribution in [0.5, 0.6) is 0 Å². The first-order chi connectivity index (χ1) is 12.2. The number of ether oxygens (including phenoxy) is 1. The molecule has 0 saturated carbocycles. The fourth-order valence-electron chi connectivity index (χ4n) is 3.86. The van der Waals surface area contributed by atoms with Gasteiger partial charge < -0.3 is 9.15 Å². The van der Waals surface area contributed by atoms with E-state index in [0.717, 1.165) is 74.2 Å². The first-order valence-corrected chi connectivity index (χ1v) is 10.1. The number of aromatic nitrogens is 1. The zero-order valence-electron chi connectivity index (χ0n) is 15.2. The van der Waals surface area contributed by atoms with Gasteiger partial charge in [-0.25, -0.2) is 4.98 Å². The zero-order chi connectivity index (χ0) is 17.2. The van der Waals surface area contributed by atoms with Gasteiger partial charge in [0.25, 0.3) is 0 Å². The van der Waals surface area contributed by atoms with Gasteiger partial charge in [0.05, 0.1) is 23.8 Å². The molecule has 0 spiro atoms. The monoisotopic (exact) mass is 361 g/mol. The van der Waals surface area contributed by atoms with Gasteiger partial charge in [-0.3, -0.25) is 9.80 Å². The van der Waals surface area contributed by atoms with Crippen molar-refractivity contribution >= 4 is 11.3 Å². The summed E-state index contributed by atoms with van der Waals surface area (Å²) in [6.45, 7) is 11.3. The van der Waals surface area contributed by atoms with E-state index in [-0.39, 0.29) is 0 Å². The van der Waals surface area contributed by atoms with Crippen molar-refractivity contribution < 1.29 is 9.15 Å². The van der Waals surface area contributed by atoms with Crippen LogP contribution in [0.15, 0.2) is 15.9 Å². The lowest BCUT2D eigenvalue weighted by Crippen LogP contribution is -2.48. The van der Waals surface area contributed by atoms with Gasteiger partial charge in [0, 0.05) is 38.8 Å². The molecule has 2 saturated heterocycles. The van der Waals surface area contributed by atoms with Crippen molar-refractivity contribution in [3.05, 3.63) is 28.5 Å². The normalized spacial score (nSPS) is 21.0. The molecule has 2 fully saturated rings. The predicted molar refractivity (Wildman–Crippen MR) is 100.0 cm³/mol. The maximum atomic E-state index is 5.95. The van der Waals surface area contributed by atoms with Crippen LogP contribution in [0.4, 0.5) is 0 Å². The van der Waals surface area contributed by atoms with Gasteiger partial charge in [0.15, 0.2) is 0 Å². The van der Waals surface area contributed by atoms with Crippen LogP contribution >= 0.6 is 11.3 Å². The number of morpholine rings is 1. The lowest BCUT2D eigenvalue weighted by Gasteiger charge is -2.39. The number of hydrogen-bond acceptors (Lipinski definition) is 6. The van der Waals surface area contributed by atoms with Gasteiger partial charge in [-0.15, -0.1) is 11.3 Å². The average Bonchev–Trinajstić information content (AvgIpc) is 3.22. The number of thiophene rings is 1. The van der Waals surface area contributed by atoms with E-state index in [9.17, 15) is 0 Å². The smallest absolute Gasteiger partial charge is 0.237 e. The summed E-state index contributed by atoms with van der Waals surface area (Å²) < 4.78 is 11.4. The summed E-state index contributed by atoms with van der Waals surface area (Å²) in [6, 6.07) is 2.85. The van der Waals surface area contributed by atoms with E-state index in [1.54, 1.807) is 11.3 Å². The molecule has 0 atom stereocenters. The Balaban J connectivity index is 1.36. The van der Waals surface area contributed by atoms with E-state index < -0.39 is 0 Å². The Morgan fingerprint density at radius 3 is 2.60 bits per heavy atom. The third-order valence-corrected chi connectivity index (χ3v) is 6.45. The number of piperidine rings is 1. The van der Waals surface area contributed by atoms with Crippen LogP contribution in [0, 0.1) is 13.8 Å². The molecule has 4 heterocycles. The molecule has 0 N–H and O–H groups in total. The highest BCUT2D eigenvalue weighted by molar-refractivity contribution is 7.13. The first kappa shape index (κ1) is 17.2. The van der Waals surface area contributed by atoms with Gasteiger partial charge in [-0.05, 0) is 43.7 Å². The van der Waals surface area contributed by atoms with Crippen LogP contribution in [-0.4, -0.2) is 60.2 Å². The molecular formula is C19H27N3O2S. The minimum absolute atomic E-state index is 0.725. The number of aryl methyl sites for hydroxylation is 2. The lowest BCUT2D eigenvalue weighted by atomic mass is 10.0. The Bertz CT molecular complexity index is 697. The highest BCUT2D eigenvalue weighted by Gasteiger charge is 2.26.